The second-order valence-corrected chi connectivity index (χ2v) is 5.26. The molecule has 0 fully saturated rings. The molecule has 0 amide bonds. The lowest BCUT2D eigenvalue weighted by molar-refractivity contribution is 1.24. The van der Waals surface area contributed by atoms with Crippen molar-refractivity contribution in [2.45, 2.75) is 23.6 Å². The van der Waals surface area contributed by atoms with Gasteiger partial charge in [-0.05, 0) is 43.2 Å². The molecule has 1 aliphatic heterocycles. The fourth-order valence-corrected chi connectivity index (χ4v) is 3.25. The quantitative estimate of drug-likeness (QED) is 0.606. The van der Waals surface area contributed by atoms with Crippen LogP contribution in [-0.4, -0.2) is 0 Å². The molecule has 2 heteroatoms. The third-order valence-corrected chi connectivity index (χ3v) is 3.93. The lowest BCUT2D eigenvalue weighted by Gasteiger charge is -2.22. The van der Waals surface area contributed by atoms with Gasteiger partial charge in [-0.25, -0.2) is 0 Å². The van der Waals surface area contributed by atoms with E-state index in [1.165, 1.54) is 32.3 Å². The predicted octanol–water partition coefficient (Wildman–Crippen LogP) is 4.51. The topological polar surface area (TPSA) is 12.0 Å². The highest BCUT2D eigenvalue weighted by atomic mass is 32.2. The summed E-state index contributed by atoms with van der Waals surface area (Å²) in [6.07, 6.45) is 0. The molecule has 0 spiro atoms. The maximum Gasteiger partial charge on any atom is 0.0556 e. The van der Waals surface area contributed by atoms with Gasteiger partial charge >= 0.3 is 0 Å². The van der Waals surface area contributed by atoms with Crippen LogP contribution in [0.25, 0.3) is 0 Å². The molecule has 0 aliphatic carbocycles. The zero-order valence-corrected chi connectivity index (χ0v) is 10.2. The fourth-order valence-electron chi connectivity index (χ4n) is 2.08. The lowest BCUT2D eigenvalue weighted by Crippen LogP contribution is -2.01. The lowest BCUT2D eigenvalue weighted by atomic mass is 10.1. The Morgan fingerprint density at radius 3 is 2.69 bits per heavy atom. The first-order chi connectivity index (χ1) is 7.74. The number of hydrogen-bond donors (Lipinski definition) is 1. The summed E-state index contributed by atoms with van der Waals surface area (Å²) in [5, 5.41) is 3.52. The molecule has 1 heterocycles. The van der Waals surface area contributed by atoms with Crippen molar-refractivity contribution < 1.29 is 0 Å². The SMILES string of the molecule is Cc1cc(C)c2c(c1)Sc1ccccc1N2. The summed E-state index contributed by atoms with van der Waals surface area (Å²) in [5.41, 5.74) is 5.11. The summed E-state index contributed by atoms with van der Waals surface area (Å²) in [4.78, 5) is 2.64. The first-order valence-electron chi connectivity index (χ1n) is 5.39. The van der Waals surface area contributed by atoms with Gasteiger partial charge in [0.25, 0.3) is 0 Å². The van der Waals surface area contributed by atoms with Gasteiger partial charge in [-0.3, -0.25) is 0 Å². The molecule has 0 saturated carbocycles. The third kappa shape index (κ3) is 1.50. The third-order valence-electron chi connectivity index (χ3n) is 2.81. The van der Waals surface area contributed by atoms with E-state index >= 15 is 0 Å². The maximum absolute atomic E-state index is 3.52. The van der Waals surface area contributed by atoms with Gasteiger partial charge in [0.15, 0.2) is 0 Å². The van der Waals surface area contributed by atoms with E-state index in [0.29, 0.717) is 0 Å². The largest absolute Gasteiger partial charge is 0.353 e. The molecular formula is C14H13NS. The Kier molecular flexibility index (Phi) is 2.18. The Labute approximate surface area is 99.9 Å². The van der Waals surface area contributed by atoms with Crippen molar-refractivity contribution in [3.05, 3.63) is 47.5 Å². The highest BCUT2D eigenvalue weighted by Gasteiger charge is 2.16. The zero-order chi connectivity index (χ0) is 11.1. The Balaban J connectivity index is 2.15. The van der Waals surface area contributed by atoms with Gasteiger partial charge in [0.2, 0.25) is 0 Å². The number of hydrogen-bond acceptors (Lipinski definition) is 2. The van der Waals surface area contributed by atoms with Crippen molar-refractivity contribution in [1.82, 2.24) is 0 Å². The van der Waals surface area contributed by atoms with Crippen LogP contribution in [0, 0.1) is 13.8 Å². The molecule has 1 nitrogen and oxygen atoms in total. The average molecular weight is 227 g/mol. The highest BCUT2D eigenvalue weighted by Crippen LogP contribution is 2.45. The van der Waals surface area contributed by atoms with Crippen molar-refractivity contribution in [1.29, 1.82) is 0 Å². The van der Waals surface area contributed by atoms with Gasteiger partial charge in [-0.2, -0.15) is 0 Å². The van der Waals surface area contributed by atoms with E-state index in [-0.39, 0.29) is 0 Å². The van der Waals surface area contributed by atoms with Crippen molar-refractivity contribution in [2.75, 3.05) is 5.32 Å². The van der Waals surface area contributed by atoms with Crippen LogP contribution in [0.3, 0.4) is 0 Å². The Bertz CT molecular complexity index is 561. The number of fused-ring (bicyclic) bond motifs is 2. The number of para-hydroxylation sites is 1. The van der Waals surface area contributed by atoms with E-state index in [2.05, 4.69) is 55.6 Å². The smallest absolute Gasteiger partial charge is 0.0556 e. The molecule has 3 rings (SSSR count). The Hall–Kier alpha value is -1.41. The molecule has 2 aromatic rings. The van der Waals surface area contributed by atoms with Gasteiger partial charge in [0.1, 0.15) is 0 Å². The van der Waals surface area contributed by atoms with Crippen molar-refractivity contribution in [3.8, 4) is 0 Å². The summed E-state index contributed by atoms with van der Waals surface area (Å²) in [5.74, 6) is 0. The van der Waals surface area contributed by atoms with Crippen molar-refractivity contribution in [3.63, 3.8) is 0 Å². The molecule has 0 saturated heterocycles. The highest BCUT2D eigenvalue weighted by molar-refractivity contribution is 7.99. The van der Waals surface area contributed by atoms with E-state index in [0.717, 1.165) is 0 Å². The van der Waals surface area contributed by atoms with Gasteiger partial charge in [-0.1, -0.05) is 30.0 Å². The number of aryl methyl sites for hydroxylation is 2. The number of anilines is 2. The van der Waals surface area contributed by atoms with Crippen LogP contribution in [0.4, 0.5) is 11.4 Å². The number of rotatable bonds is 0. The minimum atomic E-state index is 1.21. The van der Waals surface area contributed by atoms with E-state index in [1.54, 1.807) is 0 Å². The average Bonchev–Trinajstić information content (AvgIpc) is 2.27. The monoisotopic (exact) mass is 227 g/mol. The molecule has 0 aromatic heterocycles. The van der Waals surface area contributed by atoms with E-state index < -0.39 is 0 Å². The molecule has 0 unspecified atom stereocenters. The first-order valence-corrected chi connectivity index (χ1v) is 6.21. The second-order valence-electron chi connectivity index (χ2n) is 4.18. The van der Waals surface area contributed by atoms with Crippen LogP contribution in [0.2, 0.25) is 0 Å². The first kappa shape index (κ1) is 9.79. The summed E-state index contributed by atoms with van der Waals surface area (Å²) in [6, 6.07) is 12.9. The zero-order valence-electron chi connectivity index (χ0n) is 9.37. The normalized spacial score (nSPS) is 12.6. The molecule has 1 aliphatic rings. The van der Waals surface area contributed by atoms with Crippen LogP contribution in [0.5, 0.6) is 0 Å². The molecular weight excluding hydrogens is 214 g/mol. The van der Waals surface area contributed by atoms with Crippen molar-refractivity contribution in [2.24, 2.45) is 0 Å². The van der Waals surface area contributed by atoms with Crippen molar-refractivity contribution >= 4 is 23.1 Å². The van der Waals surface area contributed by atoms with Gasteiger partial charge in [0, 0.05) is 9.79 Å². The van der Waals surface area contributed by atoms with Crippen LogP contribution >= 0.6 is 11.8 Å². The maximum atomic E-state index is 3.52. The van der Waals surface area contributed by atoms with E-state index in [4.69, 9.17) is 0 Å². The molecule has 0 radical (unpaired) electrons. The van der Waals surface area contributed by atoms with E-state index in [9.17, 15) is 0 Å². The number of nitrogens with one attached hydrogen (secondary N) is 1. The summed E-state index contributed by atoms with van der Waals surface area (Å²) in [7, 11) is 0. The van der Waals surface area contributed by atoms with E-state index in [1.807, 2.05) is 11.8 Å². The molecule has 80 valence electrons. The van der Waals surface area contributed by atoms with Gasteiger partial charge in [0.05, 0.1) is 11.4 Å². The minimum Gasteiger partial charge on any atom is -0.353 e. The van der Waals surface area contributed by atoms with Crippen LogP contribution in [0.1, 0.15) is 11.1 Å². The van der Waals surface area contributed by atoms with Crippen LogP contribution in [0.15, 0.2) is 46.2 Å². The molecule has 0 bridgehead atoms. The second kappa shape index (κ2) is 3.56. The number of benzene rings is 2. The standard InChI is InChI=1S/C14H13NS/c1-9-7-10(2)14-13(8-9)16-12-6-4-3-5-11(12)15-14/h3-8,15H,1-2H3. The molecule has 16 heavy (non-hydrogen) atoms. The van der Waals surface area contributed by atoms with Crippen LogP contribution in [-0.2, 0) is 0 Å². The van der Waals surface area contributed by atoms with Gasteiger partial charge in [-0.15, -0.1) is 0 Å². The van der Waals surface area contributed by atoms with Gasteiger partial charge < -0.3 is 5.32 Å². The molecule has 1 N–H and O–H groups in total. The summed E-state index contributed by atoms with van der Waals surface area (Å²) >= 11 is 1.85. The molecule has 2 aromatic carbocycles. The van der Waals surface area contributed by atoms with Crippen LogP contribution < -0.4 is 5.32 Å². The molecule has 0 atom stereocenters. The fraction of sp³-hybridized carbons (Fsp3) is 0.143. The Morgan fingerprint density at radius 1 is 1.00 bits per heavy atom. The summed E-state index contributed by atoms with van der Waals surface area (Å²) in [6.45, 7) is 4.31. The summed E-state index contributed by atoms with van der Waals surface area (Å²) < 4.78 is 0. The predicted molar refractivity (Wildman–Crippen MR) is 69.8 cm³/mol. The minimum absolute atomic E-state index is 1.21. The Morgan fingerprint density at radius 2 is 1.81 bits per heavy atom.